The van der Waals surface area contributed by atoms with Crippen LogP contribution < -0.4 is 20.3 Å². The van der Waals surface area contributed by atoms with Crippen molar-refractivity contribution in [3.63, 3.8) is 0 Å². The van der Waals surface area contributed by atoms with Crippen LogP contribution in [0.4, 0.5) is 5.82 Å². The van der Waals surface area contributed by atoms with Crippen molar-refractivity contribution in [2.45, 2.75) is 45.2 Å². The number of aliphatic imine (C=N–C) groups is 1. The monoisotopic (exact) mass is 521 g/mol. The van der Waals surface area contributed by atoms with Crippen LogP contribution in [0.1, 0.15) is 32.6 Å². The van der Waals surface area contributed by atoms with Crippen LogP contribution in [0.25, 0.3) is 11.2 Å². The van der Waals surface area contributed by atoms with E-state index >= 15 is 0 Å². The third kappa shape index (κ3) is 6.07. The van der Waals surface area contributed by atoms with E-state index in [1.807, 2.05) is 4.90 Å². The van der Waals surface area contributed by atoms with Crippen LogP contribution in [-0.4, -0.2) is 88.9 Å². The number of hydrogen-bond acceptors (Lipinski definition) is 10. The molecular formula is C21H31N9O5S. The zero-order valence-corrected chi connectivity index (χ0v) is 20.9. The van der Waals surface area contributed by atoms with E-state index < -0.39 is 22.0 Å². The molecule has 15 heteroatoms. The lowest BCUT2D eigenvalue weighted by molar-refractivity contribution is -0.139. The zero-order chi connectivity index (χ0) is 25.7. The van der Waals surface area contributed by atoms with Gasteiger partial charge < -0.3 is 19.9 Å². The lowest BCUT2D eigenvalue weighted by Crippen LogP contribution is -2.48. The molecule has 0 aliphatic carbocycles. The standard InChI is InChI=1S/C21H31N9O5S/c1-2-10-36(34,35)28-15(20(32)33)11-30-13-26-16-17(24-12-25-18(16)30)29-8-4-14(5-9-29)19(31)27-21-22-6-3-7-23-21/h12-15,28H,2-11H2,1H3,(H,32,33)(H2,22,23,27,31). The minimum Gasteiger partial charge on any atom is -0.480 e. The molecule has 1 amide bonds. The second-order valence-corrected chi connectivity index (χ2v) is 10.7. The number of carbonyl (C=O) groups is 2. The predicted octanol–water partition coefficient (Wildman–Crippen LogP) is -0.709. The Morgan fingerprint density at radius 2 is 2.03 bits per heavy atom. The summed E-state index contributed by atoms with van der Waals surface area (Å²) in [5.41, 5.74) is 0.893. The normalized spacial score (nSPS) is 17.9. The maximum absolute atomic E-state index is 12.6. The first-order chi connectivity index (χ1) is 17.3. The number of amides is 1. The number of aliphatic carboxylic acids is 1. The van der Waals surface area contributed by atoms with Gasteiger partial charge in [-0.2, -0.15) is 4.72 Å². The smallest absolute Gasteiger partial charge is 0.323 e. The van der Waals surface area contributed by atoms with Crippen molar-refractivity contribution in [3.8, 4) is 0 Å². The number of carboxylic acid groups (broad SMARTS) is 1. The Kier molecular flexibility index (Phi) is 7.98. The van der Waals surface area contributed by atoms with Gasteiger partial charge in [0.25, 0.3) is 0 Å². The summed E-state index contributed by atoms with van der Waals surface area (Å²) < 4.78 is 28.0. The Labute approximate surface area is 208 Å². The molecule has 4 N–H and O–H groups in total. The number of carbonyl (C=O) groups excluding carboxylic acids is 1. The number of guanidine groups is 1. The van der Waals surface area contributed by atoms with Crippen molar-refractivity contribution in [2.24, 2.45) is 10.9 Å². The summed E-state index contributed by atoms with van der Waals surface area (Å²) in [7, 11) is -3.73. The molecule has 0 radical (unpaired) electrons. The lowest BCUT2D eigenvalue weighted by atomic mass is 9.96. The van der Waals surface area contributed by atoms with Gasteiger partial charge in [-0.25, -0.2) is 23.4 Å². The van der Waals surface area contributed by atoms with Gasteiger partial charge in [-0.3, -0.25) is 19.9 Å². The van der Waals surface area contributed by atoms with Gasteiger partial charge in [-0.15, -0.1) is 0 Å². The van der Waals surface area contributed by atoms with Crippen molar-refractivity contribution in [3.05, 3.63) is 12.7 Å². The molecule has 4 rings (SSSR count). The summed E-state index contributed by atoms with van der Waals surface area (Å²) in [6.07, 6.45) is 5.39. The first-order valence-corrected chi connectivity index (χ1v) is 13.7. The molecule has 0 spiro atoms. The van der Waals surface area contributed by atoms with Gasteiger partial charge in [0, 0.05) is 32.1 Å². The van der Waals surface area contributed by atoms with E-state index in [2.05, 4.69) is 35.3 Å². The van der Waals surface area contributed by atoms with Crippen molar-refractivity contribution < 1.29 is 23.1 Å². The lowest BCUT2D eigenvalue weighted by Gasteiger charge is -2.32. The number of fused-ring (bicyclic) bond motifs is 1. The van der Waals surface area contributed by atoms with Crippen LogP contribution in [-0.2, 0) is 26.2 Å². The average Bonchev–Trinajstić information content (AvgIpc) is 3.27. The minimum absolute atomic E-state index is 0.0508. The van der Waals surface area contributed by atoms with Gasteiger partial charge in [0.05, 0.1) is 18.6 Å². The number of carboxylic acids is 1. The highest BCUT2D eigenvalue weighted by Crippen LogP contribution is 2.27. The van der Waals surface area contributed by atoms with Gasteiger partial charge in [0.2, 0.25) is 15.9 Å². The minimum atomic E-state index is -3.73. The summed E-state index contributed by atoms with van der Waals surface area (Å²) in [5, 5.41) is 15.5. The summed E-state index contributed by atoms with van der Waals surface area (Å²) in [5.74, 6) is -0.518. The van der Waals surface area contributed by atoms with Crippen LogP contribution in [0.15, 0.2) is 17.6 Å². The number of imidazole rings is 1. The predicted molar refractivity (Wildman–Crippen MR) is 132 cm³/mol. The molecule has 1 atom stereocenters. The van der Waals surface area contributed by atoms with E-state index in [1.165, 1.54) is 17.2 Å². The van der Waals surface area contributed by atoms with Crippen molar-refractivity contribution in [2.75, 3.05) is 36.8 Å². The fourth-order valence-corrected chi connectivity index (χ4v) is 5.59. The molecule has 1 fully saturated rings. The third-order valence-electron chi connectivity index (χ3n) is 6.16. The van der Waals surface area contributed by atoms with E-state index in [0.717, 1.165) is 13.0 Å². The summed E-state index contributed by atoms with van der Waals surface area (Å²) in [4.78, 5) is 43.7. The topological polar surface area (TPSA) is 184 Å². The molecule has 2 aromatic heterocycles. The summed E-state index contributed by atoms with van der Waals surface area (Å²) >= 11 is 0. The van der Waals surface area contributed by atoms with Crippen LogP contribution in [0.3, 0.4) is 0 Å². The van der Waals surface area contributed by atoms with Gasteiger partial charge in [0.1, 0.15) is 12.4 Å². The number of aromatic nitrogens is 4. The highest BCUT2D eigenvalue weighted by molar-refractivity contribution is 7.89. The summed E-state index contributed by atoms with van der Waals surface area (Å²) in [6, 6.07) is -1.37. The average molecular weight is 522 g/mol. The molecule has 1 unspecified atom stereocenters. The highest BCUT2D eigenvalue weighted by atomic mass is 32.2. The van der Waals surface area contributed by atoms with E-state index in [-0.39, 0.29) is 24.1 Å². The van der Waals surface area contributed by atoms with Gasteiger partial charge in [-0.1, -0.05) is 6.92 Å². The molecule has 36 heavy (non-hydrogen) atoms. The van der Waals surface area contributed by atoms with E-state index in [9.17, 15) is 23.1 Å². The van der Waals surface area contributed by atoms with Gasteiger partial charge in [0.15, 0.2) is 22.9 Å². The van der Waals surface area contributed by atoms with Gasteiger partial charge in [-0.05, 0) is 25.7 Å². The molecule has 0 aromatic carbocycles. The molecule has 2 aliphatic heterocycles. The van der Waals surface area contributed by atoms with Crippen molar-refractivity contribution >= 4 is 44.8 Å². The molecule has 2 aliphatic rings. The number of nitrogens with one attached hydrogen (secondary N) is 3. The first kappa shape index (κ1) is 25.8. The number of piperidine rings is 1. The van der Waals surface area contributed by atoms with E-state index in [1.54, 1.807) is 6.92 Å². The number of anilines is 1. The van der Waals surface area contributed by atoms with E-state index in [4.69, 9.17) is 0 Å². The van der Waals surface area contributed by atoms with Gasteiger partial charge >= 0.3 is 5.97 Å². The molecule has 0 bridgehead atoms. The van der Waals surface area contributed by atoms with Crippen LogP contribution in [0.2, 0.25) is 0 Å². The largest absolute Gasteiger partial charge is 0.480 e. The number of rotatable bonds is 9. The molecular weight excluding hydrogens is 490 g/mol. The number of sulfonamides is 1. The maximum atomic E-state index is 12.6. The Morgan fingerprint density at radius 3 is 2.69 bits per heavy atom. The fraction of sp³-hybridized carbons (Fsp3) is 0.619. The molecule has 196 valence electrons. The fourth-order valence-electron chi connectivity index (χ4n) is 4.33. The number of nitrogens with zero attached hydrogens (tertiary/aromatic N) is 6. The van der Waals surface area contributed by atoms with E-state index in [0.29, 0.717) is 61.8 Å². The molecule has 0 saturated carbocycles. The Morgan fingerprint density at radius 1 is 1.25 bits per heavy atom. The Bertz CT molecular complexity index is 1240. The van der Waals surface area contributed by atoms with Crippen LogP contribution in [0, 0.1) is 5.92 Å². The second kappa shape index (κ2) is 11.2. The van der Waals surface area contributed by atoms with Crippen LogP contribution in [0.5, 0.6) is 0 Å². The SMILES string of the molecule is CCCS(=O)(=O)NC(Cn1cnc2c(N3CCC(C(=O)NC4=NCCCN4)CC3)ncnc21)C(=O)O. The van der Waals surface area contributed by atoms with Crippen molar-refractivity contribution in [1.82, 2.24) is 34.9 Å². The second-order valence-electron chi connectivity index (χ2n) is 8.86. The Hall–Kier alpha value is -3.33. The summed E-state index contributed by atoms with van der Waals surface area (Å²) in [6.45, 7) is 4.21. The maximum Gasteiger partial charge on any atom is 0.323 e. The first-order valence-electron chi connectivity index (χ1n) is 12.0. The van der Waals surface area contributed by atoms with Crippen LogP contribution >= 0.6 is 0 Å². The molecule has 14 nitrogen and oxygen atoms in total. The Balaban J connectivity index is 1.44. The number of hydrogen-bond donors (Lipinski definition) is 4. The van der Waals surface area contributed by atoms with Crippen molar-refractivity contribution in [1.29, 1.82) is 0 Å². The molecule has 1 saturated heterocycles. The zero-order valence-electron chi connectivity index (χ0n) is 20.1. The third-order valence-corrected chi connectivity index (χ3v) is 7.75. The quantitative estimate of drug-likeness (QED) is 0.329. The molecule has 2 aromatic rings. The molecule has 4 heterocycles. The highest BCUT2D eigenvalue weighted by Gasteiger charge is 2.29.